The lowest BCUT2D eigenvalue weighted by molar-refractivity contribution is 0.659. The van der Waals surface area contributed by atoms with Gasteiger partial charge in [-0.3, -0.25) is 4.68 Å². The summed E-state index contributed by atoms with van der Waals surface area (Å²) in [5.41, 5.74) is 2.25. The van der Waals surface area contributed by atoms with Crippen LogP contribution in [0.4, 0.5) is 0 Å². The minimum absolute atomic E-state index is 0.629. The highest BCUT2D eigenvalue weighted by atomic mass is 35.5. The van der Waals surface area contributed by atoms with Crippen molar-refractivity contribution in [3.63, 3.8) is 0 Å². The van der Waals surface area contributed by atoms with E-state index in [1.54, 1.807) is 0 Å². The Bertz CT molecular complexity index is 565. The first kappa shape index (κ1) is 14.8. The first-order valence-electron chi connectivity index (χ1n) is 6.45. The van der Waals surface area contributed by atoms with E-state index in [-0.39, 0.29) is 0 Å². The molecule has 0 saturated heterocycles. The van der Waals surface area contributed by atoms with Gasteiger partial charge in [-0.2, -0.15) is 5.10 Å². The van der Waals surface area contributed by atoms with E-state index < -0.39 is 0 Å². The fourth-order valence-corrected chi connectivity index (χ4v) is 1.97. The van der Waals surface area contributed by atoms with Crippen LogP contribution in [0.2, 0.25) is 5.02 Å². The normalized spacial score (nSPS) is 10.3. The van der Waals surface area contributed by atoms with Crippen LogP contribution in [0.15, 0.2) is 36.7 Å². The van der Waals surface area contributed by atoms with Crippen molar-refractivity contribution in [1.29, 1.82) is 0 Å². The van der Waals surface area contributed by atoms with Gasteiger partial charge in [-0.25, -0.2) is 0 Å². The third-order valence-corrected chi connectivity index (χ3v) is 3.37. The summed E-state index contributed by atoms with van der Waals surface area (Å²) in [4.78, 5) is 0. The molecule has 0 aliphatic carbocycles. The van der Waals surface area contributed by atoms with Gasteiger partial charge >= 0.3 is 0 Å². The lowest BCUT2D eigenvalue weighted by Gasteiger charge is -2.09. The van der Waals surface area contributed by atoms with Crippen LogP contribution in [0.1, 0.15) is 18.1 Å². The van der Waals surface area contributed by atoms with Gasteiger partial charge in [-0.15, -0.1) is 0 Å². The Kier molecular flexibility index (Phi) is 5.38. The quantitative estimate of drug-likeness (QED) is 0.834. The predicted octanol–water partition coefficient (Wildman–Crippen LogP) is 2.72. The van der Waals surface area contributed by atoms with Crippen LogP contribution in [-0.2, 0) is 19.6 Å². The average Bonchev–Trinajstić information content (AvgIpc) is 2.92. The van der Waals surface area contributed by atoms with E-state index >= 15 is 0 Å². The van der Waals surface area contributed by atoms with Gasteiger partial charge < -0.3 is 10.6 Å². The second-order valence-electron chi connectivity index (χ2n) is 4.37. The van der Waals surface area contributed by atoms with Gasteiger partial charge in [0, 0.05) is 36.4 Å². The summed E-state index contributed by atoms with van der Waals surface area (Å²) in [6.45, 7) is 4.28. The van der Waals surface area contributed by atoms with Crippen LogP contribution in [0.3, 0.4) is 0 Å². The standard InChI is InChI=1S/C14H17ClN4S/c1-2-19-10-12(9-18-19)8-17-14(20)16-7-11-3-5-13(15)6-4-11/h3-6,9-10H,2,7-8H2,1H3,(H2,16,17,20). The molecule has 6 heteroatoms. The molecule has 0 atom stereocenters. The predicted molar refractivity (Wildman–Crippen MR) is 85.6 cm³/mol. The number of halogens is 1. The minimum Gasteiger partial charge on any atom is -0.359 e. The molecule has 0 saturated carbocycles. The molecule has 2 N–H and O–H groups in total. The highest BCUT2D eigenvalue weighted by molar-refractivity contribution is 7.80. The van der Waals surface area contributed by atoms with Crippen molar-refractivity contribution in [2.24, 2.45) is 0 Å². The van der Waals surface area contributed by atoms with Crippen molar-refractivity contribution in [2.75, 3.05) is 0 Å². The Morgan fingerprint density at radius 3 is 2.45 bits per heavy atom. The number of rotatable bonds is 5. The van der Waals surface area contributed by atoms with E-state index in [4.69, 9.17) is 23.8 Å². The summed E-state index contributed by atoms with van der Waals surface area (Å²) >= 11 is 11.1. The number of hydrogen-bond acceptors (Lipinski definition) is 2. The molecule has 20 heavy (non-hydrogen) atoms. The first-order valence-corrected chi connectivity index (χ1v) is 7.23. The molecule has 106 valence electrons. The molecule has 0 radical (unpaired) electrons. The molecule has 2 aromatic rings. The molecular weight excluding hydrogens is 292 g/mol. The van der Waals surface area contributed by atoms with E-state index in [9.17, 15) is 0 Å². The van der Waals surface area contributed by atoms with Gasteiger partial charge in [-0.05, 0) is 36.8 Å². The molecule has 1 aromatic heterocycles. The Morgan fingerprint density at radius 2 is 1.85 bits per heavy atom. The number of nitrogens with zero attached hydrogens (tertiary/aromatic N) is 2. The molecule has 0 aliphatic rings. The van der Waals surface area contributed by atoms with Crippen LogP contribution in [0, 0.1) is 0 Å². The van der Waals surface area contributed by atoms with Gasteiger partial charge in [0.1, 0.15) is 0 Å². The highest BCUT2D eigenvalue weighted by Gasteiger charge is 2.00. The number of hydrogen-bond donors (Lipinski definition) is 2. The zero-order valence-electron chi connectivity index (χ0n) is 11.3. The molecule has 0 spiro atoms. The van der Waals surface area contributed by atoms with E-state index in [1.165, 1.54) is 0 Å². The molecule has 4 nitrogen and oxygen atoms in total. The molecule has 0 bridgehead atoms. The zero-order chi connectivity index (χ0) is 14.4. The third kappa shape index (κ3) is 4.51. The maximum atomic E-state index is 5.84. The van der Waals surface area contributed by atoms with Crippen molar-refractivity contribution in [3.05, 3.63) is 52.8 Å². The monoisotopic (exact) mass is 308 g/mol. The second kappa shape index (κ2) is 7.26. The summed E-state index contributed by atoms with van der Waals surface area (Å²) < 4.78 is 1.89. The topological polar surface area (TPSA) is 41.9 Å². The molecule has 2 rings (SSSR count). The number of benzene rings is 1. The van der Waals surface area contributed by atoms with Gasteiger partial charge in [-0.1, -0.05) is 23.7 Å². The van der Waals surface area contributed by atoms with Crippen molar-refractivity contribution >= 4 is 28.9 Å². The van der Waals surface area contributed by atoms with Gasteiger partial charge in [0.15, 0.2) is 5.11 Å². The largest absolute Gasteiger partial charge is 0.359 e. The molecular formula is C14H17ClN4S. The lowest BCUT2D eigenvalue weighted by atomic mass is 10.2. The first-order chi connectivity index (χ1) is 9.67. The maximum absolute atomic E-state index is 5.84. The van der Waals surface area contributed by atoms with E-state index in [0.717, 1.165) is 22.7 Å². The Morgan fingerprint density at radius 1 is 1.20 bits per heavy atom. The minimum atomic E-state index is 0.629. The third-order valence-electron chi connectivity index (χ3n) is 2.83. The molecule has 0 fully saturated rings. The summed E-state index contributed by atoms with van der Waals surface area (Å²) in [6, 6.07) is 7.69. The summed E-state index contributed by atoms with van der Waals surface area (Å²) in [5, 5.41) is 11.9. The highest BCUT2D eigenvalue weighted by Crippen LogP contribution is 2.09. The molecule has 1 aromatic carbocycles. The Balaban J connectivity index is 1.74. The van der Waals surface area contributed by atoms with Crippen molar-refractivity contribution in [3.8, 4) is 0 Å². The van der Waals surface area contributed by atoms with Crippen molar-refractivity contribution < 1.29 is 0 Å². The SMILES string of the molecule is CCn1cc(CNC(=S)NCc2ccc(Cl)cc2)cn1. The van der Waals surface area contributed by atoms with E-state index in [1.807, 2.05) is 41.3 Å². The molecule has 1 heterocycles. The van der Waals surface area contributed by atoms with Crippen LogP contribution in [-0.4, -0.2) is 14.9 Å². The molecule has 0 amide bonds. The number of thiocarbonyl (C=S) groups is 1. The van der Waals surface area contributed by atoms with Gasteiger partial charge in [0.05, 0.1) is 6.20 Å². The van der Waals surface area contributed by atoms with Gasteiger partial charge in [0.2, 0.25) is 0 Å². The van der Waals surface area contributed by atoms with Gasteiger partial charge in [0.25, 0.3) is 0 Å². The average molecular weight is 309 g/mol. The van der Waals surface area contributed by atoms with Crippen LogP contribution >= 0.6 is 23.8 Å². The van der Waals surface area contributed by atoms with E-state index in [0.29, 0.717) is 18.2 Å². The zero-order valence-corrected chi connectivity index (χ0v) is 12.8. The Labute approximate surface area is 129 Å². The second-order valence-corrected chi connectivity index (χ2v) is 5.21. The van der Waals surface area contributed by atoms with Crippen molar-refractivity contribution in [1.82, 2.24) is 20.4 Å². The number of aryl methyl sites for hydroxylation is 1. The number of nitrogens with one attached hydrogen (secondary N) is 2. The fraction of sp³-hybridized carbons (Fsp3) is 0.286. The van der Waals surface area contributed by atoms with E-state index in [2.05, 4.69) is 22.7 Å². The summed E-state index contributed by atoms with van der Waals surface area (Å²) in [5.74, 6) is 0. The maximum Gasteiger partial charge on any atom is 0.166 e. The smallest absolute Gasteiger partial charge is 0.166 e. The van der Waals surface area contributed by atoms with Crippen LogP contribution < -0.4 is 10.6 Å². The lowest BCUT2D eigenvalue weighted by Crippen LogP contribution is -2.34. The van der Waals surface area contributed by atoms with Crippen LogP contribution in [0.5, 0.6) is 0 Å². The summed E-state index contributed by atoms with van der Waals surface area (Å²) in [7, 11) is 0. The Hall–Kier alpha value is -1.59. The number of aromatic nitrogens is 2. The molecule has 0 aliphatic heterocycles. The van der Waals surface area contributed by atoms with Crippen molar-refractivity contribution in [2.45, 2.75) is 26.6 Å². The fourth-order valence-electron chi connectivity index (χ4n) is 1.70. The summed E-state index contributed by atoms with van der Waals surface area (Å²) in [6.07, 6.45) is 3.85. The molecule has 0 unspecified atom stereocenters. The van der Waals surface area contributed by atoms with Crippen LogP contribution in [0.25, 0.3) is 0 Å².